The topological polar surface area (TPSA) is 70.6 Å². The molecular formula is C12H19NO4S. The highest BCUT2D eigenvalue weighted by Crippen LogP contribution is 2.22. The summed E-state index contributed by atoms with van der Waals surface area (Å²) in [7, 11) is 0. The maximum Gasteiger partial charge on any atom is 0.384 e. The van der Waals surface area contributed by atoms with Crippen LogP contribution in [0.15, 0.2) is 0 Å². The zero-order valence-corrected chi connectivity index (χ0v) is 12.0. The van der Waals surface area contributed by atoms with Crippen molar-refractivity contribution in [3.05, 3.63) is 0 Å². The third kappa shape index (κ3) is 4.18. The highest BCUT2D eigenvalue weighted by atomic mass is 32.2. The van der Waals surface area contributed by atoms with Crippen molar-refractivity contribution in [3.8, 4) is 11.8 Å². The highest BCUT2D eigenvalue weighted by molar-refractivity contribution is 7.90. The molecule has 1 fully saturated rings. The summed E-state index contributed by atoms with van der Waals surface area (Å²) < 4.78 is 24.4. The van der Waals surface area contributed by atoms with Gasteiger partial charge in [0.05, 0.1) is 19.8 Å². The van der Waals surface area contributed by atoms with Crippen LogP contribution >= 0.6 is 0 Å². The number of hydrogen-bond acceptors (Lipinski definition) is 5. The molecule has 1 aliphatic rings. The molecule has 18 heavy (non-hydrogen) atoms. The molecule has 5 nitrogen and oxygen atoms in total. The summed E-state index contributed by atoms with van der Waals surface area (Å²) in [6.45, 7) is 8.24. The van der Waals surface area contributed by atoms with Crippen LogP contribution in [0.4, 0.5) is 0 Å². The van der Waals surface area contributed by atoms with Gasteiger partial charge in [0.1, 0.15) is 4.75 Å². The van der Waals surface area contributed by atoms with Gasteiger partial charge in [-0.15, -0.1) is 4.72 Å². The molecule has 0 spiro atoms. The monoisotopic (exact) mass is 273 g/mol. The first-order valence-electron chi connectivity index (χ1n) is 5.76. The first-order valence-corrected chi connectivity index (χ1v) is 6.91. The molecule has 102 valence electrons. The molecule has 1 saturated heterocycles. The van der Waals surface area contributed by atoms with Gasteiger partial charge in [0.2, 0.25) is 0 Å². The lowest BCUT2D eigenvalue weighted by Gasteiger charge is -2.39. The fraction of sp³-hybridized carbons (Fsp3) is 0.750. The summed E-state index contributed by atoms with van der Waals surface area (Å²) in [6, 6.07) is 0. The van der Waals surface area contributed by atoms with Gasteiger partial charge in [-0.25, -0.2) is 4.79 Å². The second-order valence-electron chi connectivity index (χ2n) is 5.03. The Bertz CT molecular complexity index is 362. The van der Waals surface area contributed by atoms with Crippen molar-refractivity contribution in [2.24, 2.45) is 0 Å². The Balaban J connectivity index is 2.66. The predicted octanol–water partition coefficient (Wildman–Crippen LogP) is 0.374. The molecule has 1 heterocycles. The number of nitrogens with one attached hydrogen (secondary N) is 1. The van der Waals surface area contributed by atoms with Gasteiger partial charge in [0.25, 0.3) is 0 Å². The van der Waals surface area contributed by atoms with E-state index in [0.29, 0.717) is 19.8 Å². The molecule has 0 saturated carbocycles. The van der Waals surface area contributed by atoms with Crippen molar-refractivity contribution in [1.29, 1.82) is 0 Å². The maximum atomic E-state index is 12.0. The van der Waals surface area contributed by atoms with Gasteiger partial charge in [0.15, 0.2) is 5.54 Å². The van der Waals surface area contributed by atoms with Crippen LogP contribution in [0.3, 0.4) is 0 Å². The van der Waals surface area contributed by atoms with Crippen LogP contribution in [0.5, 0.6) is 0 Å². The number of ether oxygens (including phenoxy) is 2. The van der Waals surface area contributed by atoms with E-state index < -0.39 is 27.6 Å². The molecule has 1 N–H and O–H groups in total. The van der Waals surface area contributed by atoms with E-state index in [2.05, 4.69) is 16.6 Å². The minimum atomic E-state index is -1.26. The van der Waals surface area contributed by atoms with E-state index in [1.54, 1.807) is 6.92 Å². The minimum Gasteiger partial charge on any atom is -0.598 e. The van der Waals surface area contributed by atoms with Gasteiger partial charge in [0, 0.05) is 17.3 Å². The zero-order chi connectivity index (χ0) is 13.8. The molecule has 1 atom stereocenters. The van der Waals surface area contributed by atoms with Crippen LogP contribution < -0.4 is 4.72 Å². The van der Waals surface area contributed by atoms with Crippen LogP contribution in [0.25, 0.3) is 0 Å². The summed E-state index contributed by atoms with van der Waals surface area (Å²) >= 11 is -1.26. The van der Waals surface area contributed by atoms with Gasteiger partial charge in [-0.1, -0.05) is 5.92 Å². The molecule has 6 heteroatoms. The lowest BCUT2D eigenvalue weighted by molar-refractivity contribution is -0.136. The Hall–Kier alpha value is -0.740. The molecule has 0 bridgehead atoms. The Morgan fingerprint density at radius 3 is 2.56 bits per heavy atom. The van der Waals surface area contributed by atoms with Crippen molar-refractivity contribution in [1.82, 2.24) is 4.72 Å². The second-order valence-corrected chi connectivity index (χ2v) is 6.99. The average Bonchev–Trinajstić information content (AvgIpc) is 2.20. The first-order chi connectivity index (χ1) is 8.29. The molecule has 1 aliphatic heterocycles. The fourth-order valence-electron chi connectivity index (χ4n) is 1.13. The summed E-state index contributed by atoms with van der Waals surface area (Å²) in [5.74, 6) is 4.58. The van der Waals surface area contributed by atoms with E-state index in [9.17, 15) is 9.35 Å². The van der Waals surface area contributed by atoms with Crippen LogP contribution in [0.1, 0.15) is 27.7 Å². The van der Waals surface area contributed by atoms with Gasteiger partial charge < -0.3 is 14.0 Å². The molecular weight excluding hydrogens is 254 g/mol. The van der Waals surface area contributed by atoms with Crippen LogP contribution in [-0.2, 0) is 25.6 Å². The molecule has 0 aromatic heterocycles. The van der Waals surface area contributed by atoms with Crippen LogP contribution in [0.2, 0.25) is 0 Å². The third-order valence-electron chi connectivity index (χ3n) is 2.22. The first kappa shape index (κ1) is 15.3. The summed E-state index contributed by atoms with van der Waals surface area (Å²) in [5.41, 5.74) is -0.703. The summed E-state index contributed by atoms with van der Waals surface area (Å²) in [4.78, 5) is 11.2. The normalized spacial score (nSPS) is 19.2. The molecule has 0 radical (unpaired) electrons. The Labute approximate surface area is 111 Å². The van der Waals surface area contributed by atoms with Crippen molar-refractivity contribution in [3.63, 3.8) is 0 Å². The second kappa shape index (κ2) is 5.93. The number of esters is 1. The quantitative estimate of drug-likeness (QED) is 0.348. The summed E-state index contributed by atoms with van der Waals surface area (Å²) in [6.07, 6.45) is 0. The highest BCUT2D eigenvalue weighted by Gasteiger charge is 2.44. The van der Waals surface area contributed by atoms with Crippen LogP contribution in [0, 0.1) is 11.8 Å². The lowest BCUT2D eigenvalue weighted by Crippen LogP contribution is -2.63. The van der Waals surface area contributed by atoms with Crippen LogP contribution in [-0.4, -0.2) is 40.6 Å². The Morgan fingerprint density at radius 2 is 2.17 bits per heavy atom. The Kier molecular flexibility index (Phi) is 5.05. The standard InChI is InChI=1S/C12H19NO4S/c1-5-17-10(14)6-7-12(8-16-9-12)13-18(15)11(2,3)4/h13H,5,8-9H2,1-4H3. The Morgan fingerprint density at radius 1 is 1.56 bits per heavy atom. The third-order valence-corrected chi connectivity index (χ3v) is 3.91. The van der Waals surface area contributed by atoms with Crippen molar-refractivity contribution >= 4 is 17.3 Å². The van der Waals surface area contributed by atoms with E-state index >= 15 is 0 Å². The average molecular weight is 273 g/mol. The molecule has 0 amide bonds. The van der Waals surface area contributed by atoms with Gasteiger partial charge >= 0.3 is 5.97 Å². The number of rotatable bonds is 3. The molecule has 1 rings (SSSR count). The maximum absolute atomic E-state index is 12.0. The van der Waals surface area contributed by atoms with Crippen molar-refractivity contribution in [2.45, 2.75) is 38.0 Å². The van der Waals surface area contributed by atoms with E-state index in [0.717, 1.165) is 0 Å². The van der Waals surface area contributed by atoms with E-state index in [1.807, 2.05) is 20.8 Å². The molecule has 0 aliphatic carbocycles. The fourth-order valence-corrected chi connectivity index (χ4v) is 1.96. The van der Waals surface area contributed by atoms with Gasteiger partial charge in [-0.05, 0) is 27.7 Å². The van der Waals surface area contributed by atoms with E-state index in [4.69, 9.17) is 9.47 Å². The van der Waals surface area contributed by atoms with Crippen molar-refractivity contribution < 1.29 is 18.8 Å². The van der Waals surface area contributed by atoms with E-state index in [1.165, 1.54) is 0 Å². The molecule has 1 unspecified atom stereocenters. The van der Waals surface area contributed by atoms with Crippen molar-refractivity contribution in [2.75, 3.05) is 19.8 Å². The zero-order valence-electron chi connectivity index (χ0n) is 11.2. The minimum absolute atomic E-state index is 0.290. The number of carbonyl (C=O) groups excluding carboxylic acids is 1. The van der Waals surface area contributed by atoms with E-state index in [-0.39, 0.29) is 0 Å². The number of hydrogen-bond donors (Lipinski definition) is 1. The summed E-state index contributed by atoms with van der Waals surface area (Å²) in [5, 5.41) is 0. The largest absolute Gasteiger partial charge is 0.598 e. The molecule has 0 aromatic carbocycles. The van der Waals surface area contributed by atoms with Gasteiger partial charge in [-0.2, -0.15) is 0 Å². The smallest absolute Gasteiger partial charge is 0.384 e. The molecule has 0 aromatic rings. The van der Waals surface area contributed by atoms with Gasteiger partial charge in [-0.3, -0.25) is 0 Å². The number of carbonyl (C=O) groups is 1. The SMILES string of the molecule is CCOC(=O)C#CC1(N[S+]([O-])C(C)(C)C)COC1. The lowest BCUT2D eigenvalue weighted by atomic mass is 10.0. The predicted molar refractivity (Wildman–Crippen MR) is 69.0 cm³/mol.